The van der Waals surface area contributed by atoms with Crippen LogP contribution in [0, 0.1) is 0 Å². The summed E-state index contributed by atoms with van der Waals surface area (Å²) in [6, 6.07) is 11.2. The molecule has 3 heterocycles. The Balaban J connectivity index is 1.86. The van der Waals surface area contributed by atoms with Gasteiger partial charge < -0.3 is 9.29 Å². The Morgan fingerprint density at radius 1 is 1.08 bits per heavy atom. The summed E-state index contributed by atoms with van der Waals surface area (Å²) in [7, 11) is -4.41. The molecule has 1 N–H and O–H groups in total. The third-order valence-electron chi connectivity index (χ3n) is 4.07. The van der Waals surface area contributed by atoms with Gasteiger partial charge in [-0.3, -0.25) is 9.08 Å². The van der Waals surface area contributed by atoms with Gasteiger partial charge in [0.1, 0.15) is 5.71 Å². The highest BCUT2D eigenvalue weighted by Gasteiger charge is 2.37. The average molecular weight is 356 g/mol. The largest absolute Gasteiger partial charge is 0.520 e. The number of fused-ring (bicyclic) bond motifs is 1. The van der Waals surface area contributed by atoms with E-state index in [4.69, 9.17) is 8.47 Å². The fraction of sp³-hybridized carbons (Fsp3) is 0. The van der Waals surface area contributed by atoms with Crippen LogP contribution in [0.1, 0.15) is 16.1 Å². The summed E-state index contributed by atoms with van der Waals surface area (Å²) in [5.41, 5.74) is 0.825. The van der Waals surface area contributed by atoms with E-state index in [1.807, 2.05) is 0 Å². The van der Waals surface area contributed by atoms with Gasteiger partial charge in [0, 0.05) is 5.56 Å². The monoisotopic (exact) mass is 356 g/mol. The van der Waals surface area contributed by atoms with Crippen molar-refractivity contribution >= 4 is 38.5 Å². The van der Waals surface area contributed by atoms with E-state index in [1.165, 1.54) is 6.07 Å². The van der Waals surface area contributed by atoms with Gasteiger partial charge in [0.2, 0.25) is 5.78 Å². The van der Waals surface area contributed by atoms with Crippen molar-refractivity contribution in [2.24, 2.45) is 4.99 Å². The molecule has 0 radical (unpaired) electrons. The predicted molar refractivity (Wildman–Crippen MR) is 86.7 cm³/mol. The first-order chi connectivity index (χ1) is 12.0. The molecule has 0 atom stereocenters. The number of hydrogen-bond acceptors (Lipinski definition) is 7. The molecule has 3 aromatic rings. The van der Waals surface area contributed by atoms with Crippen LogP contribution in [0.15, 0.2) is 47.5 Å². The van der Waals surface area contributed by atoms with Crippen molar-refractivity contribution in [1.82, 2.24) is 4.73 Å². The molecule has 2 aliphatic heterocycles. The van der Waals surface area contributed by atoms with E-state index >= 15 is 0 Å². The second-order valence-corrected chi connectivity index (χ2v) is 6.65. The van der Waals surface area contributed by atoms with E-state index in [2.05, 4.69) is 4.99 Å². The minimum Gasteiger partial charge on any atom is -0.505 e. The van der Waals surface area contributed by atoms with Crippen molar-refractivity contribution in [2.45, 2.75) is 0 Å². The summed E-state index contributed by atoms with van der Waals surface area (Å²) in [5, 5.41) is 10.8. The average Bonchev–Trinajstić information content (AvgIpc) is 3.01. The van der Waals surface area contributed by atoms with Crippen molar-refractivity contribution in [3.05, 3.63) is 53.7 Å². The predicted octanol–water partition coefficient (Wildman–Crippen LogP) is 1.73. The Hall–Kier alpha value is -3.33. The molecule has 0 fully saturated rings. The van der Waals surface area contributed by atoms with Crippen LogP contribution in [0.3, 0.4) is 0 Å². The van der Waals surface area contributed by atoms with E-state index in [-0.39, 0.29) is 33.8 Å². The molecule has 1 aromatic heterocycles. The van der Waals surface area contributed by atoms with Crippen LogP contribution in [0.4, 0.5) is 5.69 Å². The number of carbonyl (C=O) groups is 1. The van der Waals surface area contributed by atoms with Gasteiger partial charge in [-0.2, -0.15) is 4.73 Å². The molecule has 5 rings (SSSR count). The van der Waals surface area contributed by atoms with E-state index in [0.717, 1.165) is 4.73 Å². The third kappa shape index (κ3) is 1.78. The van der Waals surface area contributed by atoms with Crippen molar-refractivity contribution in [3.8, 4) is 11.5 Å². The van der Waals surface area contributed by atoms with E-state index in [9.17, 15) is 18.3 Å². The highest BCUT2D eigenvalue weighted by atomic mass is 32.3. The Labute approximate surface area is 140 Å². The number of Topliss-reactive ketones (excluding diaryl/α,β-unsaturated/α-hetero) is 1. The summed E-state index contributed by atoms with van der Waals surface area (Å²) in [6.45, 7) is 0. The molecule has 2 aliphatic rings. The lowest BCUT2D eigenvalue weighted by Gasteiger charge is -2.10. The zero-order valence-corrected chi connectivity index (χ0v) is 13.1. The maximum Gasteiger partial charge on any atom is 0.520 e. The van der Waals surface area contributed by atoms with Crippen LogP contribution in [0.5, 0.6) is 11.5 Å². The lowest BCUT2D eigenvalue weighted by Crippen LogP contribution is -2.28. The topological polar surface area (TPSA) is 107 Å². The first kappa shape index (κ1) is 14.1. The molecular formula is C16H8N2O6S. The number of aromatic hydroxyl groups is 1. The summed E-state index contributed by atoms with van der Waals surface area (Å²) >= 11 is 0. The van der Waals surface area contributed by atoms with E-state index in [1.54, 1.807) is 36.4 Å². The minimum atomic E-state index is -4.41. The van der Waals surface area contributed by atoms with Gasteiger partial charge in [-0.25, -0.2) is 4.99 Å². The normalized spacial score (nSPS) is 17.0. The number of aliphatic imine (C=N–C) groups is 1. The van der Waals surface area contributed by atoms with Gasteiger partial charge in [-0.05, 0) is 24.3 Å². The number of nitrogens with zero attached hydrogens (tertiary/aromatic N) is 2. The molecule has 9 heteroatoms. The van der Waals surface area contributed by atoms with Crippen molar-refractivity contribution in [3.63, 3.8) is 0 Å². The van der Waals surface area contributed by atoms with Crippen LogP contribution in [-0.4, -0.2) is 29.7 Å². The Kier molecular flexibility index (Phi) is 2.47. The van der Waals surface area contributed by atoms with Gasteiger partial charge in [0.05, 0.1) is 16.6 Å². The zero-order chi connectivity index (χ0) is 17.3. The number of benzene rings is 2. The SMILES string of the molecule is O=C1C(c2c(O)c3c4cccc3n2OS(=O)(=O)O4)=Nc2ccccc21. The molecular weight excluding hydrogens is 348 g/mol. The maximum absolute atomic E-state index is 12.7. The first-order valence-electron chi connectivity index (χ1n) is 7.20. The van der Waals surface area contributed by atoms with Gasteiger partial charge in [-0.1, -0.05) is 18.2 Å². The molecule has 0 aliphatic carbocycles. The highest BCUT2D eigenvalue weighted by molar-refractivity contribution is 7.82. The summed E-state index contributed by atoms with van der Waals surface area (Å²) in [4.78, 5) is 16.9. The smallest absolute Gasteiger partial charge is 0.505 e. The number of aromatic nitrogens is 1. The number of ketones is 1. The van der Waals surface area contributed by atoms with E-state index in [0.29, 0.717) is 11.3 Å². The molecule has 0 amide bonds. The zero-order valence-electron chi connectivity index (χ0n) is 12.3. The van der Waals surface area contributed by atoms with Crippen molar-refractivity contribution < 1.29 is 26.8 Å². The van der Waals surface area contributed by atoms with Gasteiger partial charge in [0.15, 0.2) is 17.2 Å². The lowest BCUT2D eigenvalue weighted by molar-refractivity contribution is 0.106. The minimum absolute atomic E-state index is 0.0870. The molecule has 25 heavy (non-hydrogen) atoms. The Morgan fingerprint density at radius 2 is 1.88 bits per heavy atom. The molecule has 4 bridgehead atoms. The number of hydrogen-bond donors (Lipinski definition) is 1. The van der Waals surface area contributed by atoms with Crippen LogP contribution in [-0.2, 0) is 10.4 Å². The third-order valence-corrected chi connectivity index (χ3v) is 4.78. The van der Waals surface area contributed by atoms with Crippen LogP contribution in [0.25, 0.3) is 10.9 Å². The lowest BCUT2D eigenvalue weighted by atomic mass is 10.1. The number of carbonyl (C=O) groups excluding carboxylic acids is 1. The van der Waals surface area contributed by atoms with Crippen LogP contribution >= 0.6 is 0 Å². The van der Waals surface area contributed by atoms with Gasteiger partial charge in [0.25, 0.3) is 0 Å². The molecule has 124 valence electrons. The first-order valence-corrected chi connectivity index (χ1v) is 8.53. The fourth-order valence-corrected chi connectivity index (χ4v) is 3.78. The van der Waals surface area contributed by atoms with Crippen molar-refractivity contribution in [2.75, 3.05) is 0 Å². The molecule has 0 saturated heterocycles. The second-order valence-electron chi connectivity index (χ2n) is 5.51. The fourth-order valence-electron chi connectivity index (χ4n) is 3.06. The Bertz CT molecular complexity index is 1240. The molecule has 0 spiro atoms. The summed E-state index contributed by atoms with van der Waals surface area (Å²) in [6.07, 6.45) is 0. The summed E-state index contributed by atoms with van der Waals surface area (Å²) < 4.78 is 34.5. The van der Waals surface area contributed by atoms with Crippen LogP contribution < -0.4 is 8.47 Å². The van der Waals surface area contributed by atoms with Gasteiger partial charge in [-0.15, -0.1) is 8.42 Å². The number of rotatable bonds is 1. The quantitative estimate of drug-likeness (QED) is 0.711. The molecule has 0 saturated carbocycles. The number of para-hydroxylation sites is 1. The summed E-state index contributed by atoms with van der Waals surface area (Å²) in [5.74, 6) is -0.851. The van der Waals surface area contributed by atoms with Crippen molar-refractivity contribution in [1.29, 1.82) is 0 Å². The Morgan fingerprint density at radius 3 is 2.68 bits per heavy atom. The molecule has 2 aromatic carbocycles. The van der Waals surface area contributed by atoms with Gasteiger partial charge >= 0.3 is 10.4 Å². The second kappa shape index (κ2) is 4.39. The molecule has 8 nitrogen and oxygen atoms in total. The van der Waals surface area contributed by atoms with Crippen LogP contribution in [0.2, 0.25) is 0 Å². The standard InChI is InChI=1S/C16H8N2O6S/c19-15-8-4-1-2-5-9(8)17-13(15)14-16(20)12-10-6-3-7-11(12)23-25(21,22)24-18(10)14/h1-7,20H. The van der Waals surface area contributed by atoms with E-state index < -0.39 is 16.2 Å². The maximum atomic E-state index is 12.7. The molecule has 0 unspecified atom stereocenters. The highest BCUT2D eigenvalue weighted by Crippen LogP contribution is 2.42.